The highest BCUT2D eigenvalue weighted by molar-refractivity contribution is 7.89. The molecule has 0 atom stereocenters. The van der Waals surface area contributed by atoms with Crippen molar-refractivity contribution in [3.05, 3.63) is 46.8 Å². The third-order valence-electron chi connectivity index (χ3n) is 5.29. The van der Waals surface area contributed by atoms with Crippen molar-refractivity contribution in [2.24, 2.45) is 0 Å². The Morgan fingerprint density at radius 1 is 1.07 bits per heavy atom. The smallest absolute Gasteiger partial charge is 0.272 e. The van der Waals surface area contributed by atoms with Crippen LogP contribution in [-0.4, -0.2) is 42.5 Å². The first-order valence-corrected chi connectivity index (χ1v) is 11.3. The zero-order valence-corrected chi connectivity index (χ0v) is 17.9. The number of aromatic amines is 1. The van der Waals surface area contributed by atoms with Crippen molar-refractivity contribution >= 4 is 27.4 Å². The summed E-state index contributed by atoms with van der Waals surface area (Å²) in [5, 5.41) is 2.75. The molecule has 1 aliphatic heterocycles. The predicted octanol–water partition coefficient (Wildman–Crippen LogP) is 3.65. The standard InChI is InChI=1S/C21H27N3O4S/c1-14-19(21(26)23-18-10-8-9-17(13-18)16(3)25)22-15(2)20(14)29(27,28)24-11-6-4-5-7-12-24/h8-10,13,22H,4-7,11-12H2,1-3H3,(H,23,26). The first kappa shape index (κ1) is 21.3. The molecule has 1 fully saturated rings. The van der Waals surface area contributed by atoms with E-state index in [1.807, 2.05) is 0 Å². The Hall–Kier alpha value is -2.45. The third-order valence-corrected chi connectivity index (χ3v) is 7.46. The molecule has 0 aliphatic carbocycles. The normalized spacial score (nSPS) is 15.7. The van der Waals surface area contributed by atoms with Crippen LogP contribution in [0.25, 0.3) is 0 Å². The summed E-state index contributed by atoms with van der Waals surface area (Å²) >= 11 is 0. The van der Waals surface area contributed by atoms with Crippen LogP contribution >= 0.6 is 0 Å². The highest BCUT2D eigenvalue weighted by Gasteiger charge is 2.32. The molecule has 0 radical (unpaired) electrons. The number of H-pyrrole nitrogens is 1. The van der Waals surface area contributed by atoms with Gasteiger partial charge >= 0.3 is 0 Å². The van der Waals surface area contributed by atoms with Gasteiger partial charge in [-0.3, -0.25) is 9.59 Å². The summed E-state index contributed by atoms with van der Waals surface area (Å²) in [4.78, 5) is 27.5. The number of ketones is 1. The number of carbonyl (C=O) groups excluding carboxylic acids is 2. The number of amides is 1. The number of nitrogens with one attached hydrogen (secondary N) is 2. The van der Waals surface area contributed by atoms with Crippen molar-refractivity contribution in [2.45, 2.75) is 51.3 Å². The second-order valence-corrected chi connectivity index (χ2v) is 9.36. The molecule has 1 aromatic heterocycles. The Morgan fingerprint density at radius 2 is 1.72 bits per heavy atom. The molecule has 0 saturated carbocycles. The lowest BCUT2D eigenvalue weighted by atomic mass is 10.1. The first-order chi connectivity index (χ1) is 13.7. The summed E-state index contributed by atoms with van der Waals surface area (Å²) in [5.74, 6) is -0.539. The average molecular weight is 418 g/mol. The minimum absolute atomic E-state index is 0.0983. The largest absolute Gasteiger partial charge is 0.353 e. The minimum Gasteiger partial charge on any atom is -0.353 e. The van der Waals surface area contributed by atoms with Crippen molar-refractivity contribution in [2.75, 3.05) is 18.4 Å². The lowest BCUT2D eigenvalue weighted by molar-refractivity contribution is 0.100. The highest BCUT2D eigenvalue weighted by atomic mass is 32.2. The van der Waals surface area contributed by atoms with Crippen LogP contribution in [0.3, 0.4) is 0 Å². The molecule has 1 aliphatic rings. The van der Waals surface area contributed by atoms with Crippen LogP contribution in [0.4, 0.5) is 5.69 Å². The van der Waals surface area contributed by atoms with Crippen molar-refractivity contribution < 1.29 is 18.0 Å². The molecule has 2 heterocycles. The van der Waals surface area contributed by atoms with E-state index in [-0.39, 0.29) is 16.4 Å². The average Bonchev–Trinajstić information content (AvgIpc) is 2.85. The Balaban J connectivity index is 1.89. The van der Waals surface area contributed by atoms with E-state index in [9.17, 15) is 18.0 Å². The van der Waals surface area contributed by atoms with E-state index in [1.165, 1.54) is 11.2 Å². The van der Waals surface area contributed by atoms with E-state index in [0.717, 1.165) is 25.7 Å². The SMILES string of the molecule is CC(=O)c1cccc(NC(=O)c2[nH]c(C)c(S(=O)(=O)N3CCCCCC3)c2C)c1. The number of rotatable bonds is 5. The Labute approximate surface area is 171 Å². The summed E-state index contributed by atoms with van der Waals surface area (Å²) in [6, 6.07) is 6.65. The molecule has 7 nitrogen and oxygen atoms in total. The molecule has 1 saturated heterocycles. The monoisotopic (exact) mass is 417 g/mol. The molecule has 2 aromatic rings. The summed E-state index contributed by atoms with van der Waals surface area (Å²) in [7, 11) is -3.67. The zero-order chi connectivity index (χ0) is 21.2. The van der Waals surface area contributed by atoms with E-state index in [2.05, 4.69) is 10.3 Å². The minimum atomic E-state index is -3.67. The fourth-order valence-electron chi connectivity index (χ4n) is 3.77. The predicted molar refractivity (Wildman–Crippen MR) is 112 cm³/mol. The van der Waals surface area contributed by atoms with Gasteiger partial charge in [-0.25, -0.2) is 8.42 Å². The van der Waals surface area contributed by atoms with E-state index in [4.69, 9.17) is 0 Å². The van der Waals surface area contributed by atoms with Crippen LogP contribution < -0.4 is 5.32 Å². The van der Waals surface area contributed by atoms with Crippen molar-refractivity contribution in [1.29, 1.82) is 0 Å². The molecule has 156 valence electrons. The number of anilines is 1. The number of benzene rings is 1. The van der Waals surface area contributed by atoms with Gasteiger partial charge in [-0.15, -0.1) is 0 Å². The number of hydrogen-bond donors (Lipinski definition) is 2. The third kappa shape index (κ3) is 4.43. The fourth-order valence-corrected chi connectivity index (χ4v) is 5.69. The van der Waals surface area contributed by atoms with E-state index in [1.54, 1.807) is 38.1 Å². The van der Waals surface area contributed by atoms with Crippen LogP contribution in [-0.2, 0) is 10.0 Å². The number of hydrogen-bond acceptors (Lipinski definition) is 4. The molecule has 3 rings (SSSR count). The molecule has 29 heavy (non-hydrogen) atoms. The van der Waals surface area contributed by atoms with Crippen LogP contribution in [0, 0.1) is 13.8 Å². The Morgan fingerprint density at radius 3 is 2.34 bits per heavy atom. The maximum Gasteiger partial charge on any atom is 0.272 e. The van der Waals surface area contributed by atoms with Gasteiger partial charge in [-0.1, -0.05) is 25.0 Å². The number of sulfonamides is 1. The second-order valence-electron chi connectivity index (χ2n) is 7.49. The number of aryl methyl sites for hydroxylation is 1. The zero-order valence-electron chi connectivity index (χ0n) is 17.0. The van der Waals surface area contributed by atoms with E-state index >= 15 is 0 Å². The molecule has 0 spiro atoms. The summed E-state index contributed by atoms with van der Waals surface area (Å²) in [5.41, 5.74) is 2.04. The van der Waals surface area contributed by atoms with Crippen LogP contribution in [0.5, 0.6) is 0 Å². The van der Waals surface area contributed by atoms with Gasteiger partial charge in [0, 0.05) is 30.0 Å². The summed E-state index contributed by atoms with van der Waals surface area (Å²) in [6.45, 7) is 5.79. The second kappa shape index (κ2) is 8.51. The van der Waals surface area contributed by atoms with Gasteiger partial charge in [0.1, 0.15) is 10.6 Å². The van der Waals surface area contributed by atoms with Gasteiger partial charge in [0.05, 0.1) is 0 Å². The Kier molecular flexibility index (Phi) is 6.24. The molecule has 2 N–H and O–H groups in total. The first-order valence-electron chi connectivity index (χ1n) is 9.83. The maximum absolute atomic E-state index is 13.2. The molecular formula is C21H27N3O4S. The molecular weight excluding hydrogens is 390 g/mol. The van der Waals surface area contributed by atoms with E-state index < -0.39 is 15.9 Å². The summed E-state index contributed by atoms with van der Waals surface area (Å²) in [6.07, 6.45) is 3.76. The van der Waals surface area contributed by atoms with Gasteiger partial charge in [-0.05, 0) is 51.3 Å². The molecule has 1 amide bonds. The van der Waals surface area contributed by atoms with Crippen LogP contribution in [0.1, 0.15) is 64.7 Å². The van der Waals surface area contributed by atoms with Crippen molar-refractivity contribution in [3.8, 4) is 0 Å². The van der Waals surface area contributed by atoms with Crippen LogP contribution in [0.15, 0.2) is 29.2 Å². The number of carbonyl (C=O) groups is 2. The Bertz CT molecular complexity index is 1030. The summed E-state index contributed by atoms with van der Waals surface area (Å²) < 4.78 is 28.0. The lowest BCUT2D eigenvalue weighted by Crippen LogP contribution is -2.32. The maximum atomic E-state index is 13.2. The molecule has 0 bridgehead atoms. The highest BCUT2D eigenvalue weighted by Crippen LogP contribution is 2.28. The van der Waals surface area contributed by atoms with E-state index in [0.29, 0.717) is 35.6 Å². The quantitative estimate of drug-likeness (QED) is 0.725. The van der Waals surface area contributed by atoms with Gasteiger partial charge in [0.15, 0.2) is 5.78 Å². The number of aromatic nitrogens is 1. The number of Topliss-reactive ketones (excluding diaryl/α,β-unsaturated/α-hetero) is 1. The van der Waals surface area contributed by atoms with Crippen molar-refractivity contribution in [3.63, 3.8) is 0 Å². The topological polar surface area (TPSA) is 99.3 Å². The van der Waals surface area contributed by atoms with Gasteiger partial charge in [0.2, 0.25) is 10.0 Å². The molecule has 8 heteroatoms. The number of nitrogens with zero attached hydrogens (tertiary/aromatic N) is 1. The van der Waals surface area contributed by atoms with Gasteiger partial charge in [0.25, 0.3) is 5.91 Å². The molecule has 0 unspecified atom stereocenters. The fraction of sp³-hybridized carbons (Fsp3) is 0.429. The lowest BCUT2D eigenvalue weighted by Gasteiger charge is -2.20. The van der Waals surface area contributed by atoms with Gasteiger partial charge in [-0.2, -0.15) is 4.31 Å². The molecule has 1 aromatic carbocycles. The van der Waals surface area contributed by atoms with Crippen molar-refractivity contribution in [1.82, 2.24) is 9.29 Å². The van der Waals surface area contributed by atoms with Crippen LogP contribution in [0.2, 0.25) is 0 Å². The van der Waals surface area contributed by atoms with Gasteiger partial charge < -0.3 is 10.3 Å².